The molecule has 3 heterocycles. The maximum atomic E-state index is 13.8. The van der Waals surface area contributed by atoms with Gasteiger partial charge in [-0.15, -0.1) is 11.8 Å². The molecule has 2 aromatic heterocycles. The summed E-state index contributed by atoms with van der Waals surface area (Å²) in [6.07, 6.45) is 4.87. The molecule has 1 aromatic carbocycles. The Bertz CT molecular complexity index is 1180. The molecular weight excluding hydrogens is 419 g/mol. The molecule has 160 valence electrons. The highest BCUT2D eigenvalue weighted by atomic mass is 32.2. The van der Waals surface area contributed by atoms with Gasteiger partial charge in [0.1, 0.15) is 35.7 Å². The molecule has 3 aromatic rings. The van der Waals surface area contributed by atoms with Crippen LogP contribution in [0.25, 0.3) is 11.0 Å². The van der Waals surface area contributed by atoms with Crippen LogP contribution in [-0.4, -0.2) is 53.3 Å². The van der Waals surface area contributed by atoms with Crippen molar-refractivity contribution in [1.29, 1.82) is 5.41 Å². The van der Waals surface area contributed by atoms with Gasteiger partial charge in [-0.25, -0.2) is 4.39 Å². The Balaban J connectivity index is 1.69. The average molecular weight is 441 g/mol. The second-order valence-corrected chi connectivity index (χ2v) is 7.87. The lowest BCUT2D eigenvalue weighted by Gasteiger charge is -2.28. The number of nitrogens with zero attached hydrogens (tertiary/aromatic N) is 2. The molecule has 31 heavy (non-hydrogen) atoms. The number of nitrogens with one attached hydrogen (secondary N) is 2. The number of benzene rings is 1. The topological polar surface area (TPSA) is 91.5 Å². The van der Waals surface area contributed by atoms with Gasteiger partial charge >= 0.3 is 0 Å². The van der Waals surface area contributed by atoms with Crippen molar-refractivity contribution in [3.8, 4) is 0 Å². The van der Waals surface area contributed by atoms with Crippen LogP contribution in [0.4, 0.5) is 10.1 Å². The van der Waals surface area contributed by atoms with Gasteiger partial charge < -0.3 is 19.4 Å². The van der Waals surface area contributed by atoms with E-state index in [1.165, 1.54) is 30.7 Å². The average Bonchev–Trinajstić information content (AvgIpc) is 3.19. The van der Waals surface area contributed by atoms with Gasteiger partial charge in [0.2, 0.25) is 0 Å². The lowest BCUT2D eigenvalue weighted by atomic mass is 10.0. The van der Waals surface area contributed by atoms with Crippen molar-refractivity contribution >= 4 is 40.0 Å². The fourth-order valence-electron chi connectivity index (χ4n) is 3.38. The molecule has 1 aliphatic rings. The first-order valence-electron chi connectivity index (χ1n) is 9.56. The fraction of sp³-hybridized carbons (Fsp3) is 0.227. The number of ether oxygens (including phenoxy) is 1. The summed E-state index contributed by atoms with van der Waals surface area (Å²) in [6, 6.07) is 5.83. The van der Waals surface area contributed by atoms with E-state index in [1.807, 2.05) is 6.26 Å². The van der Waals surface area contributed by atoms with E-state index < -0.39 is 5.82 Å². The summed E-state index contributed by atoms with van der Waals surface area (Å²) >= 11 is 1.57. The molecule has 4 rings (SSSR count). The number of pyridine rings is 1. The second kappa shape index (κ2) is 8.81. The predicted octanol–water partition coefficient (Wildman–Crippen LogP) is 4.10. The predicted molar refractivity (Wildman–Crippen MR) is 119 cm³/mol. The van der Waals surface area contributed by atoms with E-state index in [4.69, 9.17) is 14.6 Å². The van der Waals surface area contributed by atoms with E-state index in [2.05, 4.69) is 16.9 Å². The van der Waals surface area contributed by atoms with E-state index in [0.717, 1.165) is 0 Å². The number of aromatic nitrogens is 1. The third-order valence-electron chi connectivity index (χ3n) is 4.93. The normalized spacial score (nSPS) is 13.9. The first kappa shape index (κ1) is 20.9. The highest BCUT2D eigenvalue weighted by Gasteiger charge is 2.24. The summed E-state index contributed by atoms with van der Waals surface area (Å²) in [5.41, 5.74) is 2.41. The zero-order valence-corrected chi connectivity index (χ0v) is 17.7. The van der Waals surface area contributed by atoms with Gasteiger partial charge in [0, 0.05) is 28.4 Å². The molecule has 1 aliphatic heterocycles. The molecule has 0 spiro atoms. The molecule has 1 fully saturated rings. The van der Waals surface area contributed by atoms with Crippen molar-refractivity contribution in [2.24, 2.45) is 0 Å². The molecule has 0 unspecified atom stereocenters. The molecule has 0 atom stereocenters. The van der Waals surface area contributed by atoms with E-state index in [9.17, 15) is 9.18 Å². The number of amides is 1. The molecule has 0 saturated carbocycles. The quantitative estimate of drug-likeness (QED) is 0.443. The Labute approximate surface area is 182 Å². The minimum atomic E-state index is -0.408. The summed E-state index contributed by atoms with van der Waals surface area (Å²) in [7, 11) is 0. The number of carbonyl (C=O) groups excluding carboxylic acids is 1. The van der Waals surface area contributed by atoms with Crippen LogP contribution in [0, 0.1) is 11.2 Å². The molecule has 2 N–H and O–H groups in total. The summed E-state index contributed by atoms with van der Waals surface area (Å²) < 4.78 is 24.6. The van der Waals surface area contributed by atoms with Crippen LogP contribution in [0.5, 0.6) is 0 Å². The van der Waals surface area contributed by atoms with E-state index in [0.29, 0.717) is 59.1 Å². The molecule has 7 nitrogen and oxygen atoms in total. The molecule has 9 heteroatoms. The third-order valence-corrected chi connectivity index (χ3v) is 5.36. The minimum Gasteiger partial charge on any atom is -0.495 e. The Kier molecular flexibility index (Phi) is 5.94. The Hall–Kier alpha value is -3.33. The lowest BCUT2D eigenvalue weighted by molar-refractivity contribution is 0.0554. The summed E-state index contributed by atoms with van der Waals surface area (Å²) in [5, 5.41) is 12.5. The van der Waals surface area contributed by atoms with Crippen LogP contribution in [0.3, 0.4) is 0 Å². The van der Waals surface area contributed by atoms with Gasteiger partial charge in [-0.3, -0.25) is 15.2 Å². The minimum absolute atomic E-state index is 0.124. The maximum Gasteiger partial charge on any atom is 0.273 e. The molecule has 1 amide bonds. The van der Waals surface area contributed by atoms with Crippen molar-refractivity contribution in [3.05, 3.63) is 71.7 Å². The van der Waals surface area contributed by atoms with Crippen LogP contribution in [0.15, 0.2) is 53.5 Å². The van der Waals surface area contributed by atoms with Gasteiger partial charge in [-0.2, -0.15) is 0 Å². The summed E-state index contributed by atoms with van der Waals surface area (Å²) in [5.74, 6) is 0.478. The van der Waals surface area contributed by atoms with Gasteiger partial charge in [0.15, 0.2) is 0 Å². The molecule has 1 saturated heterocycles. The largest absolute Gasteiger partial charge is 0.495 e. The molecule has 0 radical (unpaired) electrons. The number of thioether (sulfide) groups is 1. The fourth-order valence-corrected chi connectivity index (χ4v) is 3.68. The zero-order chi connectivity index (χ0) is 22.0. The van der Waals surface area contributed by atoms with Crippen molar-refractivity contribution in [2.75, 3.05) is 37.1 Å². The first-order valence-corrected chi connectivity index (χ1v) is 11.0. The lowest BCUT2D eigenvalue weighted by Crippen LogP contribution is -2.40. The van der Waals surface area contributed by atoms with Crippen LogP contribution in [0.2, 0.25) is 0 Å². The van der Waals surface area contributed by atoms with Gasteiger partial charge in [0.25, 0.3) is 5.91 Å². The van der Waals surface area contributed by atoms with Crippen LogP contribution < -0.4 is 5.32 Å². The Morgan fingerprint density at radius 2 is 2.23 bits per heavy atom. The number of hydrogen-bond donors (Lipinski definition) is 2. The molecular formula is C22H21FN4O3S. The number of fused-ring (bicyclic) bond motifs is 1. The SMILES string of the molecule is C=C1CN(C(=O)c2cc(NCSC)c(C(=N)c3coc4ccc(F)cc34)cn2)CCO1. The van der Waals surface area contributed by atoms with E-state index >= 15 is 0 Å². The summed E-state index contributed by atoms with van der Waals surface area (Å²) in [6.45, 7) is 4.95. The van der Waals surface area contributed by atoms with Crippen LogP contribution in [-0.2, 0) is 4.74 Å². The maximum absolute atomic E-state index is 13.8. The van der Waals surface area contributed by atoms with Gasteiger partial charge in [-0.1, -0.05) is 6.58 Å². The molecule has 0 aliphatic carbocycles. The number of carbonyl (C=O) groups is 1. The van der Waals surface area contributed by atoms with Gasteiger partial charge in [-0.05, 0) is 30.5 Å². The Morgan fingerprint density at radius 3 is 3.00 bits per heavy atom. The third kappa shape index (κ3) is 4.27. The Morgan fingerprint density at radius 1 is 1.39 bits per heavy atom. The van der Waals surface area contributed by atoms with E-state index in [1.54, 1.807) is 22.7 Å². The van der Waals surface area contributed by atoms with Crippen LogP contribution in [0.1, 0.15) is 21.6 Å². The monoisotopic (exact) mass is 440 g/mol. The zero-order valence-electron chi connectivity index (χ0n) is 16.9. The highest BCUT2D eigenvalue weighted by Crippen LogP contribution is 2.28. The number of rotatable bonds is 6. The summed E-state index contributed by atoms with van der Waals surface area (Å²) in [4.78, 5) is 18.9. The number of halogens is 1. The molecule has 0 bridgehead atoms. The van der Waals surface area contributed by atoms with Gasteiger partial charge in [0.05, 0.1) is 24.7 Å². The smallest absolute Gasteiger partial charge is 0.273 e. The number of morpholine rings is 1. The standard InChI is InChI=1S/C22H21FN4O3S/c1-13-10-27(5-6-29-13)22(28)19-8-18(26-12-31-2)16(9-25-19)21(24)17-11-30-20-4-3-14(23)7-15(17)20/h3-4,7-9,11,24H,1,5-6,10,12H2,2H3,(H,25,26). The number of furan rings is 1. The van der Waals surface area contributed by atoms with Crippen molar-refractivity contribution in [2.45, 2.75) is 0 Å². The van der Waals surface area contributed by atoms with Crippen molar-refractivity contribution in [3.63, 3.8) is 0 Å². The second-order valence-electron chi connectivity index (χ2n) is 7.00. The number of anilines is 1. The van der Waals surface area contributed by atoms with Crippen LogP contribution >= 0.6 is 11.8 Å². The number of hydrogen-bond acceptors (Lipinski definition) is 7. The highest BCUT2D eigenvalue weighted by molar-refractivity contribution is 7.98. The first-order chi connectivity index (χ1) is 15.0. The van der Waals surface area contributed by atoms with E-state index in [-0.39, 0.29) is 17.3 Å². The van der Waals surface area contributed by atoms with Crippen molar-refractivity contribution in [1.82, 2.24) is 9.88 Å². The van der Waals surface area contributed by atoms with Crippen molar-refractivity contribution < 1.29 is 18.3 Å².